The molecular formula is C17H17N5O. The third-order valence-corrected chi connectivity index (χ3v) is 4.00. The van der Waals surface area contributed by atoms with E-state index in [0.717, 1.165) is 50.7 Å². The monoisotopic (exact) mass is 307 g/mol. The van der Waals surface area contributed by atoms with Crippen LogP contribution < -0.4 is 0 Å². The number of fused-ring (bicyclic) bond motifs is 1. The van der Waals surface area contributed by atoms with Gasteiger partial charge in [0.05, 0.1) is 22.5 Å². The molecule has 0 unspecified atom stereocenters. The van der Waals surface area contributed by atoms with Crippen LogP contribution in [-0.4, -0.2) is 24.9 Å². The lowest BCUT2D eigenvalue weighted by Crippen LogP contribution is -1.94. The van der Waals surface area contributed by atoms with Crippen LogP contribution in [0.2, 0.25) is 0 Å². The summed E-state index contributed by atoms with van der Waals surface area (Å²) in [4.78, 5) is 8.26. The summed E-state index contributed by atoms with van der Waals surface area (Å²) < 4.78 is 7.08. The number of hydrogen-bond acceptors (Lipinski definition) is 4. The van der Waals surface area contributed by atoms with Gasteiger partial charge in [-0.05, 0) is 39.0 Å². The van der Waals surface area contributed by atoms with Gasteiger partial charge in [0, 0.05) is 24.3 Å². The molecule has 4 aromatic rings. The first-order valence-corrected chi connectivity index (χ1v) is 7.46. The molecule has 0 aliphatic carbocycles. The normalized spacial score (nSPS) is 11.5. The predicted octanol–water partition coefficient (Wildman–Crippen LogP) is 3.54. The molecule has 0 aliphatic rings. The van der Waals surface area contributed by atoms with E-state index in [-0.39, 0.29) is 0 Å². The summed E-state index contributed by atoms with van der Waals surface area (Å²) >= 11 is 0. The molecule has 6 heteroatoms. The molecule has 0 amide bonds. The van der Waals surface area contributed by atoms with Gasteiger partial charge in [0.15, 0.2) is 0 Å². The van der Waals surface area contributed by atoms with Gasteiger partial charge in [0.25, 0.3) is 0 Å². The fourth-order valence-corrected chi connectivity index (χ4v) is 2.98. The number of hydrogen-bond donors (Lipinski definition) is 1. The van der Waals surface area contributed by atoms with Gasteiger partial charge in [-0.15, -0.1) is 0 Å². The van der Waals surface area contributed by atoms with Crippen LogP contribution in [0.5, 0.6) is 0 Å². The zero-order valence-corrected chi connectivity index (χ0v) is 13.5. The quantitative estimate of drug-likeness (QED) is 0.614. The van der Waals surface area contributed by atoms with Crippen molar-refractivity contribution in [3.63, 3.8) is 0 Å². The van der Waals surface area contributed by atoms with Crippen molar-refractivity contribution < 1.29 is 4.52 Å². The molecule has 4 heterocycles. The minimum Gasteiger partial charge on any atom is -0.361 e. The Bertz CT molecular complexity index is 1000. The molecule has 0 saturated heterocycles. The second-order valence-electron chi connectivity index (χ2n) is 5.84. The van der Waals surface area contributed by atoms with Gasteiger partial charge >= 0.3 is 0 Å². The molecule has 0 aromatic carbocycles. The average molecular weight is 307 g/mol. The fourth-order valence-electron chi connectivity index (χ4n) is 2.98. The maximum atomic E-state index is 5.30. The summed E-state index contributed by atoms with van der Waals surface area (Å²) in [5.74, 6) is 0.768. The Labute approximate surface area is 133 Å². The molecule has 4 aromatic heterocycles. The van der Waals surface area contributed by atoms with Crippen molar-refractivity contribution >= 4 is 10.9 Å². The number of pyridine rings is 1. The third-order valence-electron chi connectivity index (χ3n) is 4.00. The smallest absolute Gasteiger partial charge is 0.143 e. The Hall–Kier alpha value is -2.89. The van der Waals surface area contributed by atoms with E-state index in [1.807, 2.05) is 46.1 Å². The summed E-state index contributed by atoms with van der Waals surface area (Å²) in [6.45, 7) is 5.87. The van der Waals surface area contributed by atoms with Crippen molar-refractivity contribution in [2.24, 2.45) is 7.05 Å². The van der Waals surface area contributed by atoms with Gasteiger partial charge in [0.2, 0.25) is 0 Å². The SMILES string of the molecule is Cc1cc2c(-c3ccn(C)n3)nc(-c3c(C)noc3C)cc2[nH]1. The van der Waals surface area contributed by atoms with Gasteiger partial charge in [-0.25, -0.2) is 4.98 Å². The van der Waals surface area contributed by atoms with Crippen molar-refractivity contribution in [2.75, 3.05) is 0 Å². The summed E-state index contributed by atoms with van der Waals surface area (Å²) in [6.07, 6.45) is 1.92. The third kappa shape index (κ3) is 2.14. The predicted molar refractivity (Wildman–Crippen MR) is 88.0 cm³/mol. The van der Waals surface area contributed by atoms with E-state index in [9.17, 15) is 0 Å². The standard InChI is InChI=1S/C17H17N5O/c1-9-7-12-14(18-9)8-15(16-10(2)21-23-11(16)3)19-17(12)13-5-6-22(4)20-13/h5-8,18H,1-4H3. The van der Waals surface area contributed by atoms with E-state index < -0.39 is 0 Å². The largest absolute Gasteiger partial charge is 0.361 e. The molecule has 116 valence electrons. The Balaban J connectivity index is 2.04. The summed E-state index contributed by atoms with van der Waals surface area (Å²) in [6, 6.07) is 6.12. The summed E-state index contributed by atoms with van der Waals surface area (Å²) in [5, 5.41) is 9.61. The molecule has 0 bridgehead atoms. The number of H-pyrrole nitrogens is 1. The number of aromatic nitrogens is 5. The number of nitrogens with zero attached hydrogens (tertiary/aromatic N) is 4. The first-order chi connectivity index (χ1) is 11.0. The van der Waals surface area contributed by atoms with Gasteiger partial charge in [-0.1, -0.05) is 5.16 Å². The second kappa shape index (κ2) is 4.81. The minimum atomic E-state index is 0.768. The molecule has 23 heavy (non-hydrogen) atoms. The Morgan fingerprint density at radius 2 is 1.96 bits per heavy atom. The van der Waals surface area contributed by atoms with E-state index in [1.54, 1.807) is 4.68 Å². The van der Waals surface area contributed by atoms with Crippen molar-refractivity contribution in [1.29, 1.82) is 0 Å². The van der Waals surface area contributed by atoms with E-state index in [1.165, 1.54) is 0 Å². The van der Waals surface area contributed by atoms with Gasteiger partial charge in [-0.2, -0.15) is 5.10 Å². The average Bonchev–Trinajstić information content (AvgIpc) is 3.17. The van der Waals surface area contributed by atoms with E-state index in [0.29, 0.717) is 0 Å². The van der Waals surface area contributed by atoms with Crippen LogP contribution in [0.4, 0.5) is 0 Å². The highest BCUT2D eigenvalue weighted by Gasteiger charge is 2.18. The molecule has 0 atom stereocenters. The number of aromatic amines is 1. The first-order valence-electron chi connectivity index (χ1n) is 7.46. The van der Waals surface area contributed by atoms with Crippen molar-refractivity contribution in [3.8, 4) is 22.6 Å². The number of nitrogens with one attached hydrogen (secondary N) is 1. The van der Waals surface area contributed by atoms with Crippen molar-refractivity contribution in [1.82, 2.24) is 24.9 Å². The van der Waals surface area contributed by atoms with E-state index in [4.69, 9.17) is 9.51 Å². The Morgan fingerprint density at radius 1 is 1.13 bits per heavy atom. The second-order valence-corrected chi connectivity index (χ2v) is 5.84. The molecule has 0 aliphatic heterocycles. The van der Waals surface area contributed by atoms with Crippen LogP contribution in [0.15, 0.2) is 28.9 Å². The first kappa shape index (κ1) is 13.8. The number of aryl methyl sites for hydroxylation is 4. The van der Waals surface area contributed by atoms with E-state index in [2.05, 4.69) is 21.3 Å². The lowest BCUT2D eigenvalue weighted by atomic mass is 10.1. The zero-order chi connectivity index (χ0) is 16.1. The fraction of sp³-hybridized carbons (Fsp3) is 0.235. The highest BCUT2D eigenvalue weighted by Crippen LogP contribution is 2.33. The maximum absolute atomic E-state index is 5.30. The van der Waals surface area contributed by atoms with Gasteiger partial charge < -0.3 is 9.51 Å². The molecule has 0 saturated carbocycles. The summed E-state index contributed by atoms with van der Waals surface area (Å²) in [5.41, 5.74) is 6.47. The highest BCUT2D eigenvalue weighted by molar-refractivity contribution is 5.95. The molecular weight excluding hydrogens is 290 g/mol. The van der Waals surface area contributed by atoms with Crippen LogP contribution in [0.25, 0.3) is 33.5 Å². The van der Waals surface area contributed by atoms with Crippen molar-refractivity contribution in [3.05, 3.63) is 41.5 Å². The van der Waals surface area contributed by atoms with Gasteiger partial charge in [-0.3, -0.25) is 4.68 Å². The topological polar surface area (TPSA) is 72.5 Å². The zero-order valence-electron chi connectivity index (χ0n) is 13.5. The van der Waals surface area contributed by atoms with Crippen LogP contribution in [0, 0.1) is 20.8 Å². The minimum absolute atomic E-state index is 0.768. The highest BCUT2D eigenvalue weighted by atomic mass is 16.5. The molecule has 0 radical (unpaired) electrons. The van der Waals surface area contributed by atoms with Gasteiger partial charge in [0.1, 0.15) is 17.1 Å². The lowest BCUT2D eigenvalue weighted by molar-refractivity contribution is 0.393. The number of rotatable bonds is 2. The molecule has 0 fully saturated rings. The Morgan fingerprint density at radius 3 is 2.61 bits per heavy atom. The van der Waals surface area contributed by atoms with Crippen LogP contribution in [0.3, 0.4) is 0 Å². The molecule has 1 N–H and O–H groups in total. The van der Waals surface area contributed by atoms with Crippen molar-refractivity contribution in [2.45, 2.75) is 20.8 Å². The lowest BCUT2D eigenvalue weighted by Gasteiger charge is -2.05. The molecule has 6 nitrogen and oxygen atoms in total. The molecule has 4 rings (SSSR count). The van der Waals surface area contributed by atoms with Crippen LogP contribution in [0.1, 0.15) is 17.1 Å². The molecule has 0 spiro atoms. The van der Waals surface area contributed by atoms with E-state index >= 15 is 0 Å². The van der Waals surface area contributed by atoms with Crippen LogP contribution in [-0.2, 0) is 7.05 Å². The summed E-state index contributed by atoms with van der Waals surface area (Å²) in [7, 11) is 1.90. The van der Waals surface area contributed by atoms with Crippen LogP contribution >= 0.6 is 0 Å². The maximum Gasteiger partial charge on any atom is 0.143 e. The Kier molecular flexibility index (Phi) is 2.87.